The maximum Gasteiger partial charge on any atom is 0.348 e. The molecule has 1 amide bonds. The van der Waals surface area contributed by atoms with Crippen LogP contribution in [0.1, 0.15) is 45.4 Å². The second kappa shape index (κ2) is 8.45. The molecule has 0 aliphatic heterocycles. The molecular formula is C20H22FNO3S. The second-order valence-electron chi connectivity index (χ2n) is 6.38. The van der Waals surface area contributed by atoms with Crippen LogP contribution in [0.4, 0.5) is 4.39 Å². The van der Waals surface area contributed by atoms with E-state index < -0.39 is 5.97 Å². The van der Waals surface area contributed by atoms with E-state index in [4.69, 9.17) is 4.74 Å². The van der Waals surface area contributed by atoms with Gasteiger partial charge in [0, 0.05) is 18.0 Å². The number of fused-ring (bicyclic) bond motifs is 1. The van der Waals surface area contributed by atoms with E-state index in [-0.39, 0.29) is 24.9 Å². The Morgan fingerprint density at radius 3 is 2.77 bits per heavy atom. The third kappa shape index (κ3) is 4.49. The molecule has 6 heteroatoms. The largest absolute Gasteiger partial charge is 0.451 e. The predicted molar refractivity (Wildman–Crippen MR) is 98.7 cm³/mol. The highest BCUT2D eigenvalue weighted by molar-refractivity contribution is 7.14. The number of halogens is 1. The van der Waals surface area contributed by atoms with E-state index in [9.17, 15) is 14.0 Å². The molecule has 0 saturated carbocycles. The number of likely N-dealkylation sites (N-methyl/N-ethyl adjacent to an activating group) is 1. The highest BCUT2D eigenvalue weighted by Gasteiger charge is 2.20. The fourth-order valence-electron chi connectivity index (χ4n) is 3.11. The average molecular weight is 375 g/mol. The lowest BCUT2D eigenvalue weighted by Crippen LogP contribution is -2.34. The summed E-state index contributed by atoms with van der Waals surface area (Å²) in [6.07, 6.45) is 4.34. The number of hydrogen-bond donors (Lipinski definition) is 0. The summed E-state index contributed by atoms with van der Waals surface area (Å²) in [6, 6.07) is 8.04. The van der Waals surface area contributed by atoms with Gasteiger partial charge in [0.25, 0.3) is 5.91 Å². The summed E-state index contributed by atoms with van der Waals surface area (Å²) in [4.78, 5) is 28.0. The third-order valence-corrected chi connectivity index (χ3v) is 5.74. The first-order valence-electron chi connectivity index (χ1n) is 8.87. The summed E-state index contributed by atoms with van der Waals surface area (Å²) >= 11 is 1.47. The van der Waals surface area contributed by atoms with Gasteiger partial charge in [-0.05, 0) is 61.9 Å². The monoisotopic (exact) mass is 375 g/mol. The lowest BCUT2D eigenvalue weighted by Gasteiger charge is -2.20. The quantitative estimate of drug-likeness (QED) is 0.718. The number of hydrogen-bond acceptors (Lipinski definition) is 4. The van der Waals surface area contributed by atoms with Crippen molar-refractivity contribution >= 4 is 23.2 Å². The Labute approximate surface area is 156 Å². The first-order valence-corrected chi connectivity index (χ1v) is 9.69. The number of aryl methyl sites for hydroxylation is 2. The molecule has 0 unspecified atom stereocenters. The molecule has 0 fully saturated rings. The van der Waals surface area contributed by atoms with Crippen LogP contribution in [-0.4, -0.2) is 29.9 Å². The molecule has 1 heterocycles. The molecule has 4 nitrogen and oxygen atoms in total. The van der Waals surface area contributed by atoms with Gasteiger partial charge in [0.2, 0.25) is 0 Å². The Kier molecular flexibility index (Phi) is 6.04. The number of benzene rings is 1. The number of carbonyl (C=O) groups is 2. The molecule has 0 spiro atoms. The van der Waals surface area contributed by atoms with Crippen molar-refractivity contribution in [1.29, 1.82) is 0 Å². The zero-order chi connectivity index (χ0) is 18.5. The zero-order valence-corrected chi connectivity index (χ0v) is 15.6. The van der Waals surface area contributed by atoms with Gasteiger partial charge in [-0.15, -0.1) is 11.3 Å². The molecule has 0 radical (unpaired) electrons. The topological polar surface area (TPSA) is 46.6 Å². The Morgan fingerprint density at radius 1 is 1.23 bits per heavy atom. The van der Waals surface area contributed by atoms with Crippen molar-refractivity contribution in [2.75, 3.05) is 13.2 Å². The van der Waals surface area contributed by atoms with Crippen molar-refractivity contribution in [3.8, 4) is 0 Å². The summed E-state index contributed by atoms with van der Waals surface area (Å²) in [5, 5.41) is 0. The predicted octanol–water partition coefficient (Wildman–Crippen LogP) is 3.97. The molecule has 1 aromatic heterocycles. The van der Waals surface area contributed by atoms with Gasteiger partial charge in [0.05, 0.1) is 0 Å². The van der Waals surface area contributed by atoms with E-state index >= 15 is 0 Å². The van der Waals surface area contributed by atoms with Crippen molar-refractivity contribution in [3.05, 3.63) is 57.0 Å². The molecule has 0 atom stereocenters. The Morgan fingerprint density at radius 2 is 2.04 bits per heavy atom. The molecule has 3 rings (SSSR count). The highest BCUT2D eigenvalue weighted by atomic mass is 32.1. The summed E-state index contributed by atoms with van der Waals surface area (Å²) in [6.45, 7) is 2.29. The number of thiophene rings is 1. The van der Waals surface area contributed by atoms with Crippen LogP contribution in [-0.2, 0) is 28.9 Å². The number of esters is 1. The fraction of sp³-hybridized carbons (Fsp3) is 0.400. The second-order valence-corrected chi connectivity index (χ2v) is 7.52. The molecule has 1 aromatic carbocycles. The molecule has 0 bridgehead atoms. The van der Waals surface area contributed by atoms with Crippen LogP contribution < -0.4 is 0 Å². The molecule has 138 valence electrons. The van der Waals surface area contributed by atoms with Crippen LogP contribution in [0.5, 0.6) is 0 Å². The first-order chi connectivity index (χ1) is 12.6. The molecule has 1 aliphatic rings. The van der Waals surface area contributed by atoms with E-state index in [1.165, 1.54) is 33.9 Å². The normalized spacial score (nSPS) is 13.2. The number of nitrogens with zero attached hydrogens (tertiary/aromatic N) is 1. The minimum Gasteiger partial charge on any atom is -0.451 e. The molecule has 2 aromatic rings. The lowest BCUT2D eigenvalue weighted by molar-refractivity contribution is -0.134. The number of rotatable bonds is 6. The van der Waals surface area contributed by atoms with Crippen LogP contribution in [0.2, 0.25) is 0 Å². The Hall–Kier alpha value is -2.21. The zero-order valence-electron chi connectivity index (χ0n) is 14.8. The van der Waals surface area contributed by atoms with Crippen LogP contribution in [0, 0.1) is 5.82 Å². The van der Waals surface area contributed by atoms with E-state index in [0.717, 1.165) is 25.7 Å². The van der Waals surface area contributed by atoms with Gasteiger partial charge in [0.15, 0.2) is 6.61 Å². The first kappa shape index (κ1) is 18.6. The smallest absolute Gasteiger partial charge is 0.348 e. The van der Waals surface area contributed by atoms with Crippen molar-refractivity contribution in [3.63, 3.8) is 0 Å². The van der Waals surface area contributed by atoms with Crippen LogP contribution >= 0.6 is 11.3 Å². The third-order valence-electron chi connectivity index (χ3n) is 4.52. The number of ether oxygens (including phenoxy) is 1. The van der Waals surface area contributed by atoms with Gasteiger partial charge in [-0.1, -0.05) is 12.1 Å². The summed E-state index contributed by atoms with van der Waals surface area (Å²) in [5.41, 5.74) is 1.94. The van der Waals surface area contributed by atoms with Gasteiger partial charge in [0.1, 0.15) is 10.7 Å². The van der Waals surface area contributed by atoms with E-state index in [1.807, 2.05) is 13.0 Å². The fourth-order valence-corrected chi connectivity index (χ4v) is 4.26. The molecule has 26 heavy (non-hydrogen) atoms. The van der Waals surface area contributed by atoms with Gasteiger partial charge >= 0.3 is 5.97 Å². The maximum atomic E-state index is 13.3. The number of amides is 1. The van der Waals surface area contributed by atoms with Crippen molar-refractivity contribution in [1.82, 2.24) is 4.90 Å². The van der Waals surface area contributed by atoms with Crippen molar-refractivity contribution < 1.29 is 18.7 Å². The van der Waals surface area contributed by atoms with Gasteiger partial charge in [-0.2, -0.15) is 0 Å². The molecule has 1 aliphatic carbocycles. The highest BCUT2D eigenvalue weighted by Crippen LogP contribution is 2.30. The van der Waals surface area contributed by atoms with E-state index in [1.54, 1.807) is 17.0 Å². The van der Waals surface area contributed by atoms with Crippen LogP contribution in [0.15, 0.2) is 30.3 Å². The van der Waals surface area contributed by atoms with Gasteiger partial charge in [-0.3, -0.25) is 4.79 Å². The Balaban J connectivity index is 1.56. The average Bonchev–Trinajstić information content (AvgIpc) is 3.08. The minimum atomic E-state index is -0.445. The lowest BCUT2D eigenvalue weighted by atomic mass is 9.99. The minimum absolute atomic E-state index is 0.286. The molecule has 0 N–H and O–H groups in total. The number of carbonyl (C=O) groups excluding carboxylic acids is 2. The van der Waals surface area contributed by atoms with Gasteiger partial charge < -0.3 is 9.64 Å². The van der Waals surface area contributed by atoms with Crippen molar-refractivity contribution in [2.24, 2.45) is 0 Å². The van der Waals surface area contributed by atoms with Crippen LogP contribution in [0.3, 0.4) is 0 Å². The van der Waals surface area contributed by atoms with Gasteiger partial charge in [-0.25, -0.2) is 9.18 Å². The van der Waals surface area contributed by atoms with Crippen LogP contribution in [0.25, 0.3) is 0 Å². The standard InChI is InChI=1S/C20H22FNO3S/c1-2-22(12-14-6-5-8-16(21)10-14)19(23)13-25-20(24)18-11-15-7-3-4-9-17(15)26-18/h5-6,8,10-11H,2-4,7,9,12-13H2,1H3. The molecule has 0 saturated heterocycles. The Bertz CT molecular complexity index is 779. The summed E-state index contributed by atoms with van der Waals surface area (Å²) < 4.78 is 18.5. The van der Waals surface area contributed by atoms with E-state index in [2.05, 4.69) is 0 Å². The SMILES string of the molecule is CCN(Cc1cccc(F)c1)C(=O)COC(=O)c1cc2c(s1)CCCC2. The molecular weight excluding hydrogens is 353 g/mol. The summed E-state index contributed by atoms with van der Waals surface area (Å²) in [7, 11) is 0. The van der Waals surface area contributed by atoms with Crippen molar-refractivity contribution in [2.45, 2.75) is 39.2 Å². The maximum absolute atomic E-state index is 13.3. The summed E-state index contributed by atoms with van der Waals surface area (Å²) in [5.74, 6) is -1.06. The van der Waals surface area contributed by atoms with E-state index in [0.29, 0.717) is 17.0 Å².